The largest absolute Gasteiger partial charge is 0.157 e. The smallest absolute Gasteiger partial charge is 0.0215 e. The monoisotopic (exact) mass is 258 g/mol. The van der Waals surface area contributed by atoms with E-state index in [1.54, 1.807) is 0 Å². The normalized spacial score (nSPS) is 10.8. The zero-order chi connectivity index (χ0) is 9.68. The van der Waals surface area contributed by atoms with Crippen molar-refractivity contribution in [3.63, 3.8) is 0 Å². The molecule has 0 fully saturated rings. The van der Waals surface area contributed by atoms with Crippen molar-refractivity contribution in [3.8, 4) is 0 Å². The molecule has 0 N–H and O–H groups in total. The van der Waals surface area contributed by atoms with E-state index in [0.717, 1.165) is 11.7 Å². The van der Waals surface area contributed by atoms with Crippen molar-refractivity contribution in [3.05, 3.63) is 34.3 Å². The molecule has 0 aromatic heterocycles. The molecule has 0 saturated heterocycles. The third-order valence-electron chi connectivity index (χ3n) is 1.67. The predicted octanol–water partition coefficient (Wildman–Crippen LogP) is 4.34. The van der Waals surface area contributed by atoms with Crippen molar-refractivity contribution in [1.82, 2.24) is 0 Å². The van der Waals surface area contributed by atoms with Gasteiger partial charge in [0.25, 0.3) is 0 Å². The van der Waals surface area contributed by atoms with E-state index in [0.29, 0.717) is 0 Å². The number of rotatable bonds is 4. The molecule has 1 aromatic rings. The maximum Gasteiger partial charge on any atom is 0.0215 e. The summed E-state index contributed by atoms with van der Waals surface area (Å²) in [4.78, 5) is 0. The molecule has 0 saturated carbocycles. The Balaban J connectivity index is 2.41. The molecule has 0 aliphatic carbocycles. The van der Waals surface area contributed by atoms with Crippen molar-refractivity contribution in [1.29, 1.82) is 0 Å². The van der Waals surface area contributed by atoms with Crippen molar-refractivity contribution in [2.24, 2.45) is 5.92 Å². The van der Waals surface area contributed by atoms with E-state index in [2.05, 4.69) is 54.0 Å². The highest BCUT2D eigenvalue weighted by atomic mass is 79.9. The first-order valence-electron chi connectivity index (χ1n) is 4.51. The highest BCUT2D eigenvalue weighted by Gasteiger charge is 1.99. The van der Waals surface area contributed by atoms with Crippen LogP contribution in [0.25, 0.3) is 0 Å². The fourth-order valence-electron chi connectivity index (χ4n) is 1.02. The van der Waals surface area contributed by atoms with Gasteiger partial charge >= 0.3 is 0 Å². The maximum absolute atomic E-state index is 3.55. The molecular weight excluding hydrogens is 244 g/mol. The van der Waals surface area contributed by atoms with Gasteiger partial charge in [-0.2, -0.15) is 11.8 Å². The minimum atomic E-state index is 0.785. The van der Waals surface area contributed by atoms with Gasteiger partial charge in [-0.3, -0.25) is 0 Å². The summed E-state index contributed by atoms with van der Waals surface area (Å²) in [6.07, 6.45) is 0. The lowest BCUT2D eigenvalue weighted by Gasteiger charge is -2.05. The fraction of sp³-hybridized carbons (Fsp3) is 0.455. The first-order valence-corrected chi connectivity index (χ1v) is 6.46. The lowest BCUT2D eigenvalue weighted by molar-refractivity contribution is 0.750. The summed E-state index contributed by atoms with van der Waals surface area (Å²) in [7, 11) is 0. The molecule has 0 amide bonds. The fourth-order valence-corrected chi connectivity index (χ4v) is 2.69. The van der Waals surface area contributed by atoms with Gasteiger partial charge in [0.1, 0.15) is 0 Å². The first kappa shape index (κ1) is 11.1. The summed E-state index contributed by atoms with van der Waals surface area (Å²) in [5, 5.41) is 0. The molecule has 0 spiro atoms. The van der Waals surface area contributed by atoms with Crippen LogP contribution in [0.4, 0.5) is 0 Å². The Morgan fingerprint density at radius 3 is 2.62 bits per heavy atom. The molecule has 0 unspecified atom stereocenters. The van der Waals surface area contributed by atoms with E-state index in [-0.39, 0.29) is 0 Å². The SMILES string of the molecule is CC(C)CSCc1ccccc1Br. The average Bonchev–Trinajstić information content (AvgIpc) is 2.08. The number of halogens is 1. The van der Waals surface area contributed by atoms with Crippen molar-refractivity contribution in [2.75, 3.05) is 5.75 Å². The van der Waals surface area contributed by atoms with Crippen LogP contribution in [0, 0.1) is 5.92 Å². The molecular formula is C11H15BrS. The van der Waals surface area contributed by atoms with E-state index >= 15 is 0 Å². The van der Waals surface area contributed by atoms with Gasteiger partial charge < -0.3 is 0 Å². The molecule has 0 aliphatic rings. The topological polar surface area (TPSA) is 0 Å². The third kappa shape index (κ3) is 4.19. The first-order chi connectivity index (χ1) is 6.20. The molecule has 0 aliphatic heterocycles. The molecule has 2 heteroatoms. The Kier molecular flexibility index (Phi) is 4.89. The molecule has 0 heterocycles. The van der Waals surface area contributed by atoms with Gasteiger partial charge in [-0.25, -0.2) is 0 Å². The van der Waals surface area contributed by atoms with E-state index in [1.807, 2.05) is 11.8 Å². The van der Waals surface area contributed by atoms with E-state index in [9.17, 15) is 0 Å². The molecule has 0 nitrogen and oxygen atoms in total. The molecule has 1 aromatic carbocycles. The van der Waals surface area contributed by atoms with Crippen LogP contribution in [-0.2, 0) is 5.75 Å². The van der Waals surface area contributed by atoms with E-state index < -0.39 is 0 Å². The van der Waals surface area contributed by atoms with Crippen molar-refractivity contribution < 1.29 is 0 Å². The molecule has 1 rings (SSSR count). The van der Waals surface area contributed by atoms with Crippen LogP contribution in [-0.4, -0.2) is 5.75 Å². The zero-order valence-corrected chi connectivity index (χ0v) is 10.5. The van der Waals surface area contributed by atoms with Crippen LogP contribution in [0.2, 0.25) is 0 Å². The summed E-state index contributed by atoms with van der Waals surface area (Å²) in [5.41, 5.74) is 1.40. The summed E-state index contributed by atoms with van der Waals surface area (Å²) in [6.45, 7) is 4.51. The summed E-state index contributed by atoms with van der Waals surface area (Å²) in [6, 6.07) is 8.43. The second kappa shape index (κ2) is 5.71. The Hall–Kier alpha value is 0.0500. The second-order valence-corrected chi connectivity index (χ2v) is 5.38. The molecule has 13 heavy (non-hydrogen) atoms. The van der Waals surface area contributed by atoms with Gasteiger partial charge in [-0.15, -0.1) is 0 Å². The summed E-state index contributed by atoms with van der Waals surface area (Å²) in [5.74, 6) is 3.13. The quantitative estimate of drug-likeness (QED) is 0.775. The number of benzene rings is 1. The van der Waals surface area contributed by atoms with E-state index in [1.165, 1.54) is 15.8 Å². The Morgan fingerprint density at radius 1 is 1.31 bits per heavy atom. The highest BCUT2D eigenvalue weighted by molar-refractivity contribution is 9.10. The van der Waals surface area contributed by atoms with Gasteiger partial charge in [0, 0.05) is 10.2 Å². The maximum atomic E-state index is 3.55. The predicted molar refractivity (Wildman–Crippen MR) is 65.1 cm³/mol. The standard InChI is InChI=1S/C11H15BrS/c1-9(2)7-13-8-10-5-3-4-6-11(10)12/h3-6,9H,7-8H2,1-2H3. The molecule has 0 atom stereocenters. The molecule has 0 radical (unpaired) electrons. The van der Waals surface area contributed by atoms with Crippen molar-refractivity contribution in [2.45, 2.75) is 19.6 Å². The van der Waals surface area contributed by atoms with Crippen LogP contribution < -0.4 is 0 Å². The van der Waals surface area contributed by atoms with Gasteiger partial charge in [0.05, 0.1) is 0 Å². The van der Waals surface area contributed by atoms with Crippen LogP contribution in [0.5, 0.6) is 0 Å². The highest BCUT2D eigenvalue weighted by Crippen LogP contribution is 2.22. The third-order valence-corrected chi connectivity index (χ3v) is 3.86. The van der Waals surface area contributed by atoms with Crippen LogP contribution in [0.15, 0.2) is 28.7 Å². The summed E-state index contributed by atoms with van der Waals surface area (Å²) >= 11 is 5.55. The lowest BCUT2D eigenvalue weighted by Crippen LogP contribution is -1.91. The minimum absolute atomic E-state index is 0.785. The van der Waals surface area contributed by atoms with Gasteiger partial charge in [0.15, 0.2) is 0 Å². The van der Waals surface area contributed by atoms with Crippen LogP contribution in [0.3, 0.4) is 0 Å². The van der Waals surface area contributed by atoms with Gasteiger partial charge in [0.2, 0.25) is 0 Å². The van der Waals surface area contributed by atoms with Crippen LogP contribution in [0.1, 0.15) is 19.4 Å². The minimum Gasteiger partial charge on any atom is -0.157 e. The zero-order valence-electron chi connectivity index (χ0n) is 8.09. The molecule has 72 valence electrons. The van der Waals surface area contributed by atoms with Gasteiger partial charge in [-0.1, -0.05) is 48.0 Å². The van der Waals surface area contributed by atoms with Crippen LogP contribution >= 0.6 is 27.7 Å². The second-order valence-electron chi connectivity index (χ2n) is 3.50. The number of hydrogen-bond acceptors (Lipinski definition) is 1. The van der Waals surface area contributed by atoms with Gasteiger partial charge in [-0.05, 0) is 23.3 Å². The van der Waals surface area contributed by atoms with E-state index in [4.69, 9.17) is 0 Å². The van der Waals surface area contributed by atoms with Crippen molar-refractivity contribution >= 4 is 27.7 Å². The Bertz CT molecular complexity index is 258. The lowest BCUT2D eigenvalue weighted by atomic mass is 10.2. The Morgan fingerprint density at radius 2 is 2.00 bits per heavy atom. The number of thioether (sulfide) groups is 1. The summed E-state index contributed by atoms with van der Waals surface area (Å²) < 4.78 is 1.23. The number of hydrogen-bond donors (Lipinski definition) is 0. The molecule has 0 bridgehead atoms. The average molecular weight is 259 g/mol. The Labute approximate surface area is 93.2 Å².